The normalized spacial score (nSPS) is 12.9. The van der Waals surface area contributed by atoms with Crippen LogP contribution in [0.2, 0.25) is 0 Å². The fourth-order valence-corrected chi connectivity index (χ4v) is 2.80. The third kappa shape index (κ3) is 2.37. The SMILES string of the molecule is COc1ccccc1C(=O)N1CCc2cc(C(C)=O)ccc21. The molecule has 0 fully saturated rings. The summed E-state index contributed by atoms with van der Waals surface area (Å²) in [5.74, 6) is 0.533. The van der Waals surface area contributed by atoms with E-state index in [9.17, 15) is 9.59 Å². The molecule has 1 aliphatic heterocycles. The van der Waals surface area contributed by atoms with Gasteiger partial charge in [-0.05, 0) is 49.2 Å². The Bertz CT molecular complexity index is 752. The molecule has 4 heteroatoms. The Hall–Kier alpha value is -2.62. The monoisotopic (exact) mass is 295 g/mol. The van der Waals surface area contributed by atoms with Crippen molar-refractivity contribution in [1.29, 1.82) is 0 Å². The zero-order valence-electron chi connectivity index (χ0n) is 12.6. The summed E-state index contributed by atoms with van der Waals surface area (Å²) < 4.78 is 5.27. The van der Waals surface area contributed by atoms with Crippen LogP contribution in [0.3, 0.4) is 0 Å². The van der Waals surface area contributed by atoms with E-state index < -0.39 is 0 Å². The number of nitrogens with zero attached hydrogens (tertiary/aromatic N) is 1. The van der Waals surface area contributed by atoms with Crippen LogP contribution in [0.1, 0.15) is 33.2 Å². The minimum absolute atomic E-state index is 0.0392. The number of ether oxygens (including phenoxy) is 1. The Morgan fingerprint density at radius 1 is 1.14 bits per heavy atom. The summed E-state index contributed by atoms with van der Waals surface area (Å²) in [5.41, 5.74) is 3.15. The number of ketones is 1. The molecule has 112 valence electrons. The van der Waals surface area contributed by atoms with Gasteiger partial charge >= 0.3 is 0 Å². The molecular formula is C18H17NO3. The van der Waals surface area contributed by atoms with Gasteiger partial charge in [-0.1, -0.05) is 12.1 Å². The van der Waals surface area contributed by atoms with E-state index in [2.05, 4.69) is 0 Å². The summed E-state index contributed by atoms with van der Waals surface area (Å²) >= 11 is 0. The van der Waals surface area contributed by atoms with Gasteiger partial charge in [0, 0.05) is 17.8 Å². The second kappa shape index (κ2) is 5.64. The van der Waals surface area contributed by atoms with Crippen LogP contribution in [-0.2, 0) is 6.42 Å². The number of para-hydroxylation sites is 1. The zero-order chi connectivity index (χ0) is 15.7. The highest BCUT2D eigenvalue weighted by atomic mass is 16.5. The molecule has 1 amide bonds. The molecule has 1 aliphatic rings. The predicted octanol–water partition coefficient (Wildman–Crippen LogP) is 3.10. The first-order valence-electron chi connectivity index (χ1n) is 7.20. The lowest BCUT2D eigenvalue weighted by Gasteiger charge is -2.19. The molecule has 3 rings (SSSR count). The number of hydrogen-bond donors (Lipinski definition) is 0. The first kappa shape index (κ1) is 14.3. The van der Waals surface area contributed by atoms with Crippen LogP contribution in [0, 0.1) is 0 Å². The maximum Gasteiger partial charge on any atom is 0.262 e. The molecule has 0 spiro atoms. The Kier molecular flexibility index (Phi) is 3.67. The number of benzene rings is 2. The number of amides is 1. The lowest BCUT2D eigenvalue weighted by atomic mass is 10.1. The maximum absolute atomic E-state index is 12.8. The van der Waals surface area contributed by atoms with Crippen molar-refractivity contribution in [3.63, 3.8) is 0 Å². The molecule has 22 heavy (non-hydrogen) atoms. The standard InChI is InChI=1S/C18H17NO3/c1-12(20)13-7-8-16-14(11-13)9-10-19(16)18(21)15-5-3-4-6-17(15)22-2/h3-8,11H,9-10H2,1-2H3. The zero-order valence-corrected chi connectivity index (χ0v) is 12.6. The molecule has 4 nitrogen and oxygen atoms in total. The van der Waals surface area contributed by atoms with Crippen LogP contribution in [-0.4, -0.2) is 25.3 Å². The number of carbonyl (C=O) groups is 2. The van der Waals surface area contributed by atoms with Gasteiger partial charge in [0.25, 0.3) is 5.91 Å². The molecule has 0 radical (unpaired) electrons. The van der Waals surface area contributed by atoms with Gasteiger partial charge in [-0.2, -0.15) is 0 Å². The molecule has 0 saturated carbocycles. The predicted molar refractivity (Wildman–Crippen MR) is 84.8 cm³/mol. The van der Waals surface area contributed by atoms with E-state index in [0.717, 1.165) is 17.7 Å². The topological polar surface area (TPSA) is 46.6 Å². The Morgan fingerprint density at radius 2 is 1.91 bits per heavy atom. The summed E-state index contributed by atoms with van der Waals surface area (Å²) in [6, 6.07) is 12.7. The van der Waals surface area contributed by atoms with Gasteiger partial charge in [0.2, 0.25) is 0 Å². The van der Waals surface area contributed by atoms with Crippen molar-refractivity contribution in [2.24, 2.45) is 0 Å². The van der Waals surface area contributed by atoms with E-state index in [0.29, 0.717) is 23.4 Å². The summed E-state index contributed by atoms with van der Waals surface area (Å²) in [7, 11) is 1.56. The highest BCUT2D eigenvalue weighted by Gasteiger charge is 2.27. The van der Waals surface area contributed by atoms with Crippen molar-refractivity contribution in [2.75, 3.05) is 18.6 Å². The third-order valence-electron chi connectivity index (χ3n) is 3.96. The van der Waals surface area contributed by atoms with Crippen LogP contribution >= 0.6 is 0 Å². The van der Waals surface area contributed by atoms with Gasteiger partial charge in [0.05, 0.1) is 12.7 Å². The van der Waals surface area contributed by atoms with Crippen molar-refractivity contribution in [3.8, 4) is 5.75 Å². The highest BCUT2D eigenvalue weighted by Crippen LogP contribution is 2.31. The maximum atomic E-state index is 12.8. The van der Waals surface area contributed by atoms with Crippen molar-refractivity contribution in [3.05, 3.63) is 59.2 Å². The van der Waals surface area contributed by atoms with E-state index in [4.69, 9.17) is 4.74 Å². The summed E-state index contributed by atoms with van der Waals surface area (Å²) in [5, 5.41) is 0. The summed E-state index contributed by atoms with van der Waals surface area (Å²) in [6.07, 6.45) is 0.761. The van der Waals surface area contributed by atoms with E-state index in [1.165, 1.54) is 0 Å². The molecule has 0 bridgehead atoms. The van der Waals surface area contributed by atoms with E-state index in [1.807, 2.05) is 24.3 Å². The molecule has 2 aromatic carbocycles. The van der Waals surface area contributed by atoms with Crippen LogP contribution in [0.5, 0.6) is 5.75 Å². The number of Topliss-reactive ketones (excluding diaryl/α,β-unsaturated/α-hetero) is 1. The fourth-order valence-electron chi connectivity index (χ4n) is 2.80. The molecule has 2 aromatic rings. The summed E-state index contributed by atoms with van der Waals surface area (Å²) in [4.78, 5) is 26.0. The largest absolute Gasteiger partial charge is 0.496 e. The quantitative estimate of drug-likeness (QED) is 0.817. The Morgan fingerprint density at radius 3 is 2.64 bits per heavy atom. The van der Waals surface area contributed by atoms with E-state index >= 15 is 0 Å². The van der Waals surface area contributed by atoms with Gasteiger partial charge in [0.1, 0.15) is 5.75 Å². The number of hydrogen-bond acceptors (Lipinski definition) is 3. The average molecular weight is 295 g/mol. The smallest absolute Gasteiger partial charge is 0.262 e. The fraction of sp³-hybridized carbons (Fsp3) is 0.222. The lowest BCUT2D eigenvalue weighted by Crippen LogP contribution is -2.29. The van der Waals surface area contributed by atoms with Crippen LogP contribution < -0.4 is 9.64 Å². The summed E-state index contributed by atoms with van der Waals surface area (Å²) in [6.45, 7) is 2.17. The molecule has 0 saturated heterocycles. The van der Waals surface area contributed by atoms with Crippen LogP contribution in [0.15, 0.2) is 42.5 Å². The molecule has 0 N–H and O–H groups in total. The molecule has 1 heterocycles. The van der Waals surface area contributed by atoms with Gasteiger partial charge in [-0.3, -0.25) is 9.59 Å². The minimum atomic E-state index is -0.0771. The van der Waals surface area contributed by atoms with Gasteiger partial charge in [-0.25, -0.2) is 0 Å². The number of carbonyl (C=O) groups excluding carboxylic acids is 2. The average Bonchev–Trinajstić information content (AvgIpc) is 2.97. The second-order valence-electron chi connectivity index (χ2n) is 5.31. The lowest BCUT2D eigenvalue weighted by molar-refractivity contribution is 0.0984. The molecule has 0 atom stereocenters. The molecule has 0 aliphatic carbocycles. The van der Waals surface area contributed by atoms with Crippen LogP contribution in [0.4, 0.5) is 5.69 Å². The van der Waals surface area contributed by atoms with Gasteiger partial charge in [-0.15, -0.1) is 0 Å². The highest BCUT2D eigenvalue weighted by molar-refractivity contribution is 6.09. The van der Waals surface area contributed by atoms with Crippen molar-refractivity contribution in [2.45, 2.75) is 13.3 Å². The third-order valence-corrected chi connectivity index (χ3v) is 3.96. The van der Waals surface area contributed by atoms with Crippen LogP contribution in [0.25, 0.3) is 0 Å². The molecule has 0 aromatic heterocycles. The number of methoxy groups -OCH3 is 1. The van der Waals surface area contributed by atoms with Crippen molar-refractivity contribution >= 4 is 17.4 Å². The molecular weight excluding hydrogens is 278 g/mol. The van der Waals surface area contributed by atoms with Gasteiger partial charge < -0.3 is 9.64 Å². The first-order valence-corrected chi connectivity index (χ1v) is 7.20. The van der Waals surface area contributed by atoms with Gasteiger partial charge in [0.15, 0.2) is 5.78 Å². The minimum Gasteiger partial charge on any atom is -0.496 e. The number of fused-ring (bicyclic) bond motifs is 1. The van der Waals surface area contributed by atoms with Crippen molar-refractivity contribution in [1.82, 2.24) is 0 Å². The van der Waals surface area contributed by atoms with E-state index in [1.54, 1.807) is 37.1 Å². The molecule has 0 unspecified atom stereocenters. The number of rotatable bonds is 3. The van der Waals surface area contributed by atoms with Crippen molar-refractivity contribution < 1.29 is 14.3 Å². The Labute approximate surface area is 129 Å². The van der Waals surface area contributed by atoms with E-state index in [-0.39, 0.29) is 11.7 Å². The first-order chi connectivity index (χ1) is 10.6. The Balaban J connectivity index is 1.96. The second-order valence-corrected chi connectivity index (χ2v) is 5.31. The number of anilines is 1.